The molecule has 5 rings (SSSR count). The molecular weight excluding hydrogens is 448 g/mol. The van der Waals surface area contributed by atoms with Crippen LogP contribution in [0.2, 0.25) is 0 Å². The lowest BCUT2D eigenvalue weighted by Crippen LogP contribution is -2.27. The minimum atomic E-state index is -0.504. The molecule has 0 radical (unpaired) electrons. The molecule has 1 N–H and O–H groups in total. The van der Waals surface area contributed by atoms with Crippen molar-refractivity contribution < 1.29 is 14.7 Å². The predicted molar refractivity (Wildman–Crippen MR) is 132 cm³/mol. The van der Waals surface area contributed by atoms with E-state index in [2.05, 4.69) is 10.2 Å². The third kappa shape index (κ3) is 4.08. The number of benzene rings is 3. The van der Waals surface area contributed by atoms with Crippen LogP contribution >= 0.6 is 11.8 Å². The summed E-state index contributed by atoms with van der Waals surface area (Å²) in [5, 5.41) is 18.9. The van der Waals surface area contributed by atoms with Crippen LogP contribution in [0.4, 0.5) is 5.69 Å². The predicted octanol–water partition coefficient (Wildman–Crippen LogP) is 5.58. The molecule has 0 aliphatic carbocycles. The third-order valence-electron chi connectivity index (χ3n) is 5.90. The third-order valence-corrected chi connectivity index (χ3v) is 7.15. The summed E-state index contributed by atoms with van der Waals surface area (Å²) in [7, 11) is 1.73. The van der Waals surface area contributed by atoms with Crippen molar-refractivity contribution in [1.29, 1.82) is 0 Å². The molecule has 8 heteroatoms. The van der Waals surface area contributed by atoms with E-state index in [-0.39, 0.29) is 22.8 Å². The molecular formula is C26H22N4O3S. The standard InChI is InChI=1S/C26H22N4O3S/c1-29-21-10-6-5-9-20(21)23(25(29)33)27-28-24(32)18-11-13-19(14-12-18)26-30(22(31)16-34-26)15-17-7-3-2-4-8-17/h2-14,26,33H,15-16H2,1H3/t26-/m0/s1. The maximum absolute atomic E-state index is 12.6. The first-order valence-electron chi connectivity index (χ1n) is 10.8. The quantitative estimate of drug-likeness (QED) is 0.386. The zero-order chi connectivity index (χ0) is 23.7. The average molecular weight is 471 g/mol. The molecule has 0 bridgehead atoms. The van der Waals surface area contributed by atoms with E-state index in [9.17, 15) is 14.7 Å². The number of amides is 2. The Morgan fingerprint density at radius 2 is 1.74 bits per heavy atom. The number of fused-ring (bicyclic) bond motifs is 1. The summed E-state index contributed by atoms with van der Waals surface area (Å²) < 4.78 is 1.60. The minimum Gasteiger partial charge on any atom is -0.493 e. The number of nitrogens with zero attached hydrogens (tertiary/aromatic N) is 4. The fraction of sp³-hybridized carbons (Fsp3) is 0.154. The van der Waals surface area contributed by atoms with Crippen LogP contribution in [0.15, 0.2) is 89.1 Å². The van der Waals surface area contributed by atoms with Crippen LogP contribution in [-0.4, -0.2) is 32.1 Å². The number of rotatable bonds is 5. The molecule has 1 fully saturated rings. The minimum absolute atomic E-state index is 0.0467. The van der Waals surface area contributed by atoms with E-state index in [0.717, 1.165) is 22.0 Å². The first-order valence-corrected chi connectivity index (χ1v) is 11.8. The van der Waals surface area contributed by atoms with Crippen molar-refractivity contribution in [2.45, 2.75) is 11.9 Å². The Morgan fingerprint density at radius 1 is 1.03 bits per heavy atom. The van der Waals surface area contributed by atoms with Gasteiger partial charge < -0.3 is 14.6 Å². The van der Waals surface area contributed by atoms with Gasteiger partial charge in [-0.1, -0.05) is 60.7 Å². The van der Waals surface area contributed by atoms with Crippen molar-refractivity contribution in [2.24, 2.45) is 17.3 Å². The van der Waals surface area contributed by atoms with Crippen molar-refractivity contribution in [3.63, 3.8) is 0 Å². The van der Waals surface area contributed by atoms with Gasteiger partial charge in [-0.15, -0.1) is 22.0 Å². The molecule has 1 aliphatic heterocycles. The first kappa shape index (κ1) is 21.9. The highest BCUT2D eigenvalue weighted by atomic mass is 32.2. The maximum atomic E-state index is 12.6. The van der Waals surface area contributed by atoms with Crippen LogP contribution in [-0.2, 0) is 18.4 Å². The number of hydrogen-bond acceptors (Lipinski definition) is 5. The van der Waals surface area contributed by atoms with E-state index in [1.54, 1.807) is 35.5 Å². The zero-order valence-corrected chi connectivity index (χ0v) is 19.3. The number of carbonyl (C=O) groups is 2. The van der Waals surface area contributed by atoms with Gasteiger partial charge in [-0.3, -0.25) is 9.59 Å². The van der Waals surface area contributed by atoms with Crippen LogP contribution in [0.5, 0.6) is 5.88 Å². The zero-order valence-electron chi connectivity index (χ0n) is 18.5. The van der Waals surface area contributed by atoms with Gasteiger partial charge >= 0.3 is 0 Å². The van der Waals surface area contributed by atoms with E-state index in [1.807, 2.05) is 71.6 Å². The van der Waals surface area contributed by atoms with Crippen molar-refractivity contribution in [3.8, 4) is 5.88 Å². The highest BCUT2D eigenvalue weighted by Gasteiger charge is 2.32. The molecule has 1 atom stereocenters. The van der Waals surface area contributed by atoms with Gasteiger partial charge in [-0.25, -0.2) is 0 Å². The van der Waals surface area contributed by atoms with Gasteiger partial charge in [-0.2, -0.15) is 0 Å². The highest BCUT2D eigenvalue weighted by Crippen LogP contribution is 2.40. The molecule has 3 aromatic carbocycles. The van der Waals surface area contributed by atoms with E-state index in [0.29, 0.717) is 17.9 Å². The normalized spacial score (nSPS) is 16.1. The Morgan fingerprint density at radius 3 is 2.50 bits per heavy atom. The van der Waals surface area contributed by atoms with Crippen LogP contribution in [0.1, 0.15) is 26.9 Å². The van der Waals surface area contributed by atoms with E-state index >= 15 is 0 Å². The number of carbonyl (C=O) groups excluding carboxylic acids is 2. The summed E-state index contributed by atoms with van der Waals surface area (Å²) in [6, 6.07) is 24.4. The van der Waals surface area contributed by atoms with Gasteiger partial charge in [0.15, 0.2) is 5.69 Å². The van der Waals surface area contributed by atoms with Gasteiger partial charge in [0.2, 0.25) is 11.8 Å². The Balaban J connectivity index is 1.34. The SMILES string of the molecule is Cn1c(O)c(N=NC(=O)c2ccc([C@@H]3SCC(=O)N3Cc3ccccc3)cc2)c2ccccc21. The second-order valence-corrected chi connectivity index (χ2v) is 9.11. The van der Waals surface area contributed by atoms with Gasteiger partial charge in [0.1, 0.15) is 5.37 Å². The van der Waals surface area contributed by atoms with Crippen LogP contribution in [0, 0.1) is 0 Å². The Labute approximate surface area is 200 Å². The monoisotopic (exact) mass is 470 g/mol. The number of aryl methyl sites for hydroxylation is 1. The van der Waals surface area contributed by atoms with Gasteiger partial charge in [0.05, 0.1) is 11.3 Å². The highest BCUT2D eigenvalue weighted by molar-refractivity contribution is 8.00. The van der Waals surface area contributed by atoms with E-state index < -0.39 is 5.91 Å². The summed E-state index contributed by atoms with van der Waals surface area (Å²) in [5.74, 6) is -0.0200. The Bertz CT molecular complexity index is 1400. The second kappa shape index (κ2) is 9.15. The molecule has 170 valence electrons. The molecule has 4 aromatic rings. The molecule has 0 unspecified atom stereocenters. The first-order chi connectivity index (χ1) is 16.5. The molecule has 34 heavy (non-hydrogen) atoms. The van der Waals surface area contributed by atoms with Crippen molar-refractivity contribution in [1.82, 2.24) is 9.47 Å². The number of para-hydroxylation sites is 1. The largest absolute Gasteiger partial charge is 0.493 e. The number of aromatic nitrogens is 1. The van der Waals surface area contributed by atoms with E-state index in [1.165, 1.54) is 0 Å². The van der Waals surface area contributed by atoms with Crippen LogP contribution in [0.25, 0.3) is 10.9 Å². The van der Waals surface area contributed by atoms with E-state index in [4.69, 9.17) is 0 Å². The molecule has 1 aliphatic rings. The number of aromatic hydroxyl groups is 1. The summed E-state index contributed by atoms with van der Waals surface area (Å²) in [4.78, 5) is 27.0. The summed E-state index contributed by atoms with van der Waals surface area (Å²) >= 11 is 1.58. The Kier molecular flexibility index (Phi) is 5.90. The molecule has 0 saturated carbocycles. The van der Waals surface area contributed by atoms with Crippen molar-refractivity contribution in [2.75, 3.05) is 5.75 Å². The van der Waals surface area contributed by atoms with Gasteiger partial charge in [0, 0.05) is 24.5 Å². The molecule has 1 saturated heterocycles. The topological polar surface area (TPSA) is 87.3 Å². The fourth-order valence-electron chi connectivity index (χ4n) is 4.08. The van der Waals surface area contributed by atoms with Crippen LogP contribution < -0.4 is 0 Å². The average Bonchev–Trinajstić information content (AvgIpc) is 3.35. The lowest BCUT2D eigenvalue weighted by atomic mass is 10.1. The number of thioether (sulfide) groups is 1. The lowest BCUT2D eigenvalue weighted by molar-refractivity contribution is -0.128. The fourth-order valence-corrected chi connectivity index (χ4v) is 5.27. The lowest BCUT2D eigenvalue weighted by Gasteiger charge is -2.24. The van der Waals surface area contributed by atoms with Gasteiger partial charge in [-0.05, 0) is 29.3 Å². The summed E-state index contributed by atoms with van der Waals surface area (Å²) in [6.45, 7) is 0.542. The molecule has 0 spiro atoms. The molecule has 2 amide bonds. The number of hydrogen-bond donors (Lipinski definition) is 1. The van der Waals surface area contributed by atoms with Crippen LogP contribution in [0.3, 0.4) is 0 Å². The maximum Gasteiger partial charge on any atom is 0.295 e. The summed E-state index contributed by atoms with van der Waals surface area (Å²) in [5.41, 5.74) is 3.48. The van der Waals surface area contributed by atoms with Crippen molar-refractivity contribution in [3.05, 3.63) is 95.6 Å². The summed E-state index contributed by atoms with van der Waals surface area (Å²) in [6.07, 6.45) is 0. The van der Waals surface area contributed by atoms with Gasteiger partial charge in [0.25, 0.3) is 5.91 Å². The Hall–Kier alpha value is -3.91. The van der Waals surface area contributed by atoms with Crippen molar-refractivity contribution >= 4 is 40.2 Å². The second-order valence-electron chi connectivity index (χ2n) is 8.05. The smallest absolute Gasteiger partial charge is 0.295 e. The molecule has 1 aromatic heterocycles. The molecule has 7 nitrogen and oxygen atoms in total. The molecule has 2 heterocycles. The number of azo groups is 1.